The van der Waals surface area contributed by atoms with Crippen molar-refractivity contribution in [3.05, 3.63) is 0 Å². The van der Waals surface area contributed by atoms with Gasteiger partial charge in [0.2, 0.25) is 0 Å². The smallest absolute Gasteiger partial charge is 0.0227 e. The second kappa shape index (κ2) is 28.7. The molecule has 0 radical (unpaired) electrons. The number of fused-ring (bicyclic) bond motifs is 12. The first-order chi connectivity index (χ1) is 29.4. The summed E-state index contributed by atoms with van der Waals surface area (Å²) >= 11 is 0. The SMILES string of the molecule is C1CCC1.C1CCC1.C1CCCC1.CC.CCCC1CN2CC3CC(C4CCC(C)CC4)CC(N3)C3CC(C4CCC(C)CC4)CC(CN1C1CCC2C1)N3.CCCCC. The molecule has 8 bridgehead atoms. The molecule has 4 saturated heterocycles. The van der Waals surface area contributed by atoms with Crippen LogP contribution in [-0.2, 0) is 0 Å². The van der Waals surface area contributed by atoms with Crippen LogP contribution in [0.5, 0.6) is 0 Å². The number of hydrogen-bond acceptors (Lipinski definition) is 4. The molecular weight excluding hydrogens is 729 g/mol. The van der Waals surface area contributed by atoms with E-state index in [1.54, 1.807) is 0 Å². The van der Waals surface area contributed by atoms with Crippen LogP contribution in [0.2, 0.25) is 0 Å². The van der Waals surface area contributed by atoms with Crippen molar-refractivity contribution in [1.82, 2.24) is 20.4 Å². The first kappa shape index (κ1) is 50.8. The van der Waals surface area contributed by atoms with E-state index in [2.05, 4.69) is 55.1 Å². The molecule has 0 aromatic heterocycles. The van der Waals surface area contributed by atoms with Crippen LogP contribution in [0.15, 0.2) is 0 Å². The van der Waals surface area contributed by atoms with E-state index in [0.717, 1.165) is 53.6 Å². The summed E-state index contributed by atoms with van der Waals surface area (Å²) in [6.07, 6.45) is 48.4. The van der Waals surface area contributed by atoms with Crippen LogP contribution in [0.4, 0.5) is 0 Å². The highest BCUT2D eigenvalue weighted by Gasteiger charge is 2.47. The monoisotopic (exact) mass is 837 g/mol. The van der Waals surface area contributed by atoms with E-state index in [9.17, 15) is 0 Å². The van der Waals surface area contributed by atoms with Gasteiger partial charge in [0, 0.05) is 61.9 Å². The summed E-state index contributed by atoms with van der Waals surface area (Å²) in [5.74, 6) is 5.82. The zero-order valence-corrected chi connectivity index (χ0v) is 41.9. The van der Waals surface area contributed by atoms with Crippen molar-refractivity contribution >= 4 is 0 Å². The van der Waals surface area contributed by atoms with Gasteiger partial charge in [-0.15, -0.1) is 0 Å². The normalized spacial score (nSPS) is 41.5. The molecule has 0 spiro atoms. The Morgan fingerprint density at radius 3 is 1.23 bits per heavy atom. The largest absolute Gasteiger partial charge is 0.308 e. The molecule has 4 heterocycles. The lowest BCUT2D eigenvalue weighted by Crippen LogP contribution is -2.65. The van der Waals surface area contributed by atoms with Gasteiger partial charge in [0.1, 0.15) is 0 Å². The van der Waals surface area contributed by atoms with Gasteiger partial charge >= 0.3 is 0 Å². The lowest BCUT2D eigenvalue weighted by atomic mass is 9.67. The molecule has 0 aromatic rings. The summed E-state index contributed by atoms with van der Waals surface area (Å²) in [6.45, 7) is 19.9. The van der Waals surface area contributed by atoms with Gasteiger partial charge in [-0.3, -0.25) is 9.80 Å². The Balaban J connectivity index is 0.000000280. The Labute approximate surface area is 376 Å². The standard InChI is InChI=1S/C36H64N4.C5H10.C5H12.2C4H8.C2H6/c1-4-5-34-23-39-21-30-16-28(26-10-6-24(2)7-11-26)18-35(37-30)36-19-29(27-12-8-25(3)9-13-27)17-31(38-36)22-40(34)33-15-14-32(39)20-33;1-2-4-5-3-1;1-3-5-4-2;2*1-2-4-3-1;1-2/h24-38H,4-23H2,1-3H3;1-5H2;3-5H2,1-2H3;2*1-4H2;1-2H3. The van der Waals surface area contributed by atoms with Gasteiger partial charge < -0.3 is 10.6 Å². The lowest BCUT2D eigenvalue weighted by molar-refractivity contribution is 0.0322. The van der Waals surface area contributed by atoms with Crippen molar-refractivity contribution in [2.75, 3.05) is 19.6 Å². The van der Waals surface area contributed by atoms with Crippen LogP contribution in [0.3, 0.4) is 0 Å². The highest BCUT2D eigenvalue weighted by Crippen LogP contribution is 2.44. The Hall–Kier alpha value is -0.160. The molecule has 4 heteroatoms. The zero-order chi connectivity index (χ0) is 42.5. The third kappa shape index (κ3) is 16.4. The molecular formula is C56H108N4. The van der Waals surface area contributed by atoms with Crippen molar-refractivity contribution < 1.29 is 0 Å². The Morgan fingerprint density at radius 1 is 0.417 bits per heavy atom. The second-order valence-corrected chi connectivity index (χ2v) is 22.6. The average molecular weight is 838 g/mol. The minimum Gasteiger partial charge on any atom is -0.308 e. The summed E-state index contributed by atoms with van der Waals surface area (Å²) < 4.78 is 0. The van der Waals surface area contributed by atoms with E-state index in [0.29, 0.717) is 24.2 Å². The number of hydrogen-bond donors (Lipinski definition) is 2. The second-order valence-electron chi connectivity index (χ2n) is 22.6. The fraction of sp³-hybridized carbons (Fsp3) is 1.00. The van der Waals surface area contributed by atoms with E-state index < -0.39 is 0 Å². The summed E-state index contributed by atoms with van der Waals surface area (Å²) in [5, 5.41) is 8.86. The van der Waals surface area contributed by atoms with Crippen LogP contribution >= 0.6 is 0 Å². The maximum Gasteiger partial charge on any atom is 0.0227 e. The van der Waals surface area contributed by atoms with Crippen LogP contribution in [0.25, 0.3) is 0 Å². The van der Waals surface area contributed by atoms with Crippen LogP contribution in [0.1, 0.15) is 260 Å². The molecule has 11 atom stereocenters. The molecule has 6 aliphatic carbocycles. The Kier molecular flexibility index (Phi) is 24.3. The zero-order valence-electron chi connectivity index (χ0n) is 41.9. The van der Waals surface area contributed by atoms with Gasteiger partial charge in [-0.1, -0.05) is 183 Å². The van der Waals surface area contributed by atoms with Crippen LogP contribution in [-0.4, -0.2) is 71.7 Å². The van der Waals surface area contributed by atoms with Crippen LogP contribution in [0, 0.1) is 35.5 Å². The topological polar surface area (TPSA) is 30.5 Å². The minimum absolute atomic E-state index is 0.688. The quantitative estimate of drug-likeness (QED) is 0.279. The van der Waals surface area contributed by atoms with Crippen molar-refractivity contribution in [2.45, 2.75) is 303 Å². The fourth-order valence-electron chi connectivity index (χ4n) is 13.3. The third-order valence-electron chi connectivity index (χ3n) is 17.9. The fourth-order valence-corrected chi connectivity index (χ4v) is 13.3. The average Bonchev–Trinajstić information content (AvgIpc) is 3.95. The molecule has 10 rings (SSSR count). The van der Waals surface area contributed by atoms with E-state index in [1.165, 1.54) is 232 Å². The van der Waals surface area contributed by atoms with E-state index in [1.807, 2.05) is 13.8 Å². The van der Waals surface area contributed by atoms with Crippen molar-refractivity contribution in [1.29, 1.82) is 0 Å². The number of nitrogens with one attached hydrogen (secondary N) is 2. The number of unbranched alkanes of at least 4 members (excludes halogenated alkanes) is 2. The molecule has 10 aliphatic rings. The summed E-state index contributed by atoms with van der Waals surface area (Å²) in [6, 6.07) is 5.23. The first-order valence-electron chi connectivity index (χ1n) is 28.5. The van der Waals surface area contributed by atoms with Crippen molar-refractivity contribution in [3.63, 3.8) is 0 Å². The summed E-state index contributed by atoms with van der Waals surface area (Å²) in [4.78, 5) is 6.14. The predicted molar refractivity (Wildman–Crippen MR) is 264 cm³/mol. The maximum atomic E-state index is 4.44. The molecule has 6 saturated carbocycles. The lowest BCUT2D eigenvalue weighted by Gasteiger charge is -2.51. The van der Waals surface area contributed by atoms with Gasteiger partial charge in [0.25, 0.3) is 0 Å². The van der Waals surface area contributed by atoms with Gasteiger partial charge in [0.05, 0.1) is 0 Å². The van der Waals surface area contributed by atoms with Gasteiger partial charge in [0.15, 0.2) is 0 Å². The molecule has 4 nitrogen and oxygen atoms in total. The van der Waals surface area contributed by atoms with Gasteiger partial charge in [-0.25, -0.2) is 0 Å². The van der Waals surface area contributed by atoms with E-state index >= 15 is 0 Å². The molecule has 60 heavy (non-hydrogen) atoms. The van der Waals surface area contributed by atoms with E-state index in [4.69, 9.17) is 0 Å². The summed E-state index contributed by atoms with van der Waals surface area (Å²) in [7, 11) is 0. The minimum atomic E-state index is 0.688. The number of nitrogens with zero attached hydrogens (tertiary/aromatic N) is 2. The molecule has 0 amide bonds. The van der Waals surface area contributed by atoms with Crippen molar-refractivity contribution in [2.24, 2.45) is 35.5 Å². The molecule has 11 unspecified atom stereocenters. The highest BCUT2D eigenvalue weighted by molar-refractivity contribution is 5.05. The third-order valence-corrected chi connectivity index (χ3v) is 17.9. The Bertz CT molecular complexity index is 1030. The summed E-state index contributed by atoms with van der Waals surface area (Å²) in [5.41, 5.74) is 0. The predicted octanol–water partition coefficient (Wildman–Crippen LogP) is 15.1. The van der Waals surface area contributed by atoms with Gasteiger partial charge in [-0.05, 0) is 113 Å². The Morgan fingerprint density at radius 2 is 0.833 bits per heavy atom. The van der Waals surface area contributed by atoms with Crippen molar-refractivity contribution in [3.8, 4) is 0 Å². The number of rotatable bonds is 6. The van der Waals surface area contributed by atoms with Gasteiger partial charge in [-0.2, -0.15) is 0 Å². The number of piperidine rings is 2. The highest BCUT2D eigenvalue weighted by atomic mass is 15.3. The van der Waals surface area contributed by atoms with Crippen LogP contribution < -0.4 is 10.6 Å². The first-order valence-corrected chi connectivity index (χ1v) is 28.5. The molecule has 0 aromatic carbocycles. The molecule has 2 N–H and O–H groups in total. The molecule has 4 aliphatic heterocycles. The van der Waals surface area contributed by atoms with E-state index in [-0.39, 0.29) is 0 Å². The maximum absolute atomic E-state index is 4.44. The molecule has 352 valence electrons. The molecule has 10 fully saturated rings.